The molecule has 0 amide bonds. The maximum absolute atomic E-state index is 13.0. The van der Waals surface area contributed by atoms with Crippen molar-refractivity contribution >= 4 is 11.9 Å². The summed E-state index contributed by atoms with van der Waals surface area (Å²) in [5, 5.41) is 9.43. The summed E-state index contributed by atoms with van der Waals surface area (Å²) in [6.45, 7) is 13.2. The molecule has 2 unspecified atom stereocenters. The maximum Gasteiger partial charge on any atom is 0.308 e. The van der Waals surface area contributed by atoms with Crippen LogP contribution in [0.5, 0.6) is 0 Å². The number of rotatable bonds is 41. The predicted molar refractivity (Wildman–Crippen MR) is 218 cm³/mol. The van der Waals surface area contributed by atoms with Gasteiger partial charge in [0.2, 0.25) is 0 Å². The van der Waals surface area contributed by atoms with Gasteiger partial charge in [-0.1, -0.05) is 169 Å². The molecule has 0 aromatic heterocycles. The third-order valence-electron chi connectivity index (χ3n) is 10.6. The quantitative estimate of drug-likeness (QED) is 0.0500. The Bertz CT molecular complexity index is 731. The fraction of sp³-hybridized carbons (Fsp3) is 0.956. The largest absolute Gasteiger partial charge is 0.465 e. The Labute approximate surface area is 318 Å². The number of carbonyl (C=O) groups excluding carboxylic acids is 2. The second kappa shape index (κ2) is 40.1. The minimum absolute atomic E-state index is 0.0307. The van der Waals surface area contributed by atoms with Crippen molar-refractivity contribution in [2.75, 3.05) is 39.5 Å². The van der Waals surface area contributed by atoms with E-state index in [-0.39, 0.29) is 30.4 Å². The molecule has 0 aromatic rings. The van der Waals surface area contributed by atoms with Crippen LogP contribution in [-0.2, 0) is 19.1 Å². The van der Waals surface area contributed by atoms with Crippen LogP contribution in [0.2, 0.25) is 0 Å². The van der Waals surface area contributed by atoms with Gasteiger partial charge < -0.3 is 19.5 Å². The third kappa shape index (κ3) is 33.2. The molecule has 304 valence electrons. The first-order chi connectivity index (χ1) is 25.0. The highest BCUT2D eigenvalue weighted by Crippen LogP contribution is 2.22. The summed E-state index contributed by atoms with van der Waals surface area (Å²) < 4.78 is 11.6. The van der Waals surface area contributed by atoms with Crippen LogP contribution in [0, 0.1) is 11.8 Å². The highest BCUT2D eigenvalue weighted by atomic mass is 16.5. The first kappa shape index (κ1) is 49.9. The summed E-state index contributed by atoms with van der Waals surface area (Å²) in [6.07, 6.45) is 35.7. The van der Waals surface area contributed by atoms with Gasteiger partial charge in [-0.15, -0.1) is 0 Å². The zero-order valence-electron chi connectivity index (χ0n) is 34.8. The van der Waals surface area contributed by atoms with Gasteiger partial charge in [-0.25, -0.2) is 0 Å². The predicted octanol–water partition coefficient (Wildman–Crippen LogP) is 12.8. The van der Waals surface area contributed by atoms with Gasteiger partial charge in [0.05, 0.1) is 25.0 Å². The maximum atomic E-state index is 13.0. The second-order valence-corrected chi connectivity index (χ2v) is 15.6. The Hall–Kier alpha value is -1.14. The van der Waals surface area contributed by atoms with Crippen LogP contribution in [0.15, 0.2) is 0 Å². The standard InChI is InChI=1S/C45H89NO5/c1-5-9-13-17-19-25-34-42(32-23-15-11-7-3)44(48)50-40-29-22-21-27-36-46(38-31-39-47)37-28-30-41-51-45(49)43(33-24-16-12-8-4)35-26-20-18-14-10-6-2/h42-43,47H,5-41H2,1-4H3. The minimum atomic E-state index is 0.0307. The van der Waals surface area contributed by atoms with Crippen LogP contribution in [0.1, 0.15) is 227 Å². The summed E-state index contributed by atoms with van der Waals surface area (Å²) in [6, 6.07) is 0. The molecule has 0 spiro atoms. The van der Waals surface area contributed by atoms with E-state index in [9.17, 15) is 14.7 Å². The molecule has 51 heavy (non-hydrogen) atoms. The van der Waals surface area contributed by atoms with Crippen molar-refractivity contribution in [3.8, 4) is 0 Å². The van der Waals surface area contributed by atoms with Crippen LogP contribution in [0.3, 0.4) is 0 Å². The summed E-state index contributed by atoms with van der Waals surface area (Å²) in [5.74, 6) is 0.225. The normalized spacial score (nSPS) is 12.7. The number of ether oxygens (including phenoxy) is 2. The van der Waals surface area contributed by atoms with Crippen molar-refractivity contribution in [3.63, 3.8) is 0 Å². The van der Waals surface area contributed by atoms with E-state index >= 15 is 0 Å². The molecule has 0 aromatic carbocycles. The van der Waals surface area contributed by atoms with Gasteiger partial charge in [0, 0.05) is 13.2 Å². The van der Waals surface area contributed by atoms with E-state index in [2.05, 4.69) is 32.6 Å². The van der Waals surface area contributed by atoms with Crippen molar-refractivity contribution in [1.82, 2.24) is 4.90 Å². The zero-order chi connectivity index (χ0) is 37.5. The first-order valence-corrected chi connectivity index (χ1v) is 22.7. The summed E-state index contributed by atoms with van der Waals surface area (Å²) in [4.78, 5) is 28.4. The van der Waals surface area contributed by atoms with Crippen molar-refractivity contribution in [2.24, 2.45) is 11.8 Å². The van der Waals surface area contributed by atoms with E-state index in [1.54, 1.807) is 0 Å². The molecule has 0 aliphatic heterocycles. The monoisotopic (exact) mass is 724 g/mol. The molecule has 0 saturated heterocycles. The Morgan fingerprint density at radius 3 is 1.12 bits per heavy atom. The number of carbonyl (C=O) groups is 2. The van der Waals surface area contributed by atoms with Gasteiger partial charge in [-0.3, -0.25) is 9.59 Å². The Morgan fingerprint density at radius 2 is 0.706 bits per heavy atom. The highest BCUT2D eigenvalue weighted by molar-refractivity contribution is 5.72. The third-order valence-corrected chi connectivity index (χ3v) is 10.6. The SMILES string of the molecule is CCCCCCCCC(CCCCCC)C(=O)OCCCCCCN(CCCO)CCCCOC(=O)C(CCCCCC)CCCCCCCC. The Morgan fingerprint density at radius 1 is 0.412 bits per heavy atom. The van der Waals surface area contributed by atoms with Gasteiger partial charge in [-0.05, 0) is 70.9 Å². The molecule has 6 heteroatoms. The number of aliphatic hydroxyl groups excluding tert-OH is 1. The number of aliphatic hydroxyl groups is 1. The summed E-state index contributed by atoms with van der Waals surface area (Å²) >= 11 is 0. The van der Waals surface area contributed by atoms with Gasteiger partial charge >= 0.3 is 11.9 Å². The van der Waals surface area contributed by atoms with E-state index < -0.39 is 0 Å². The minimum Gasteiger partial charge on any atom is -0.465 e. The fourth-order valence-corrected chi connectivity index (χ4v) is 7.18. The molecule has 6 nitrogen and oxygen atoms in total. The molecule has 0 heterocycles. The van der Waals surface area contributed by atoms with Crippen molar-refractivity contribution in [2.45, 2.75) is 227 Å². The lowest BCUT2D eigenvalue weighted by atomic mass is 9.94. The molecule has 0 rings (SSSR count). The van der Waals surface area contributed by atoms with Crippen molar-refractivity contribution in [3.05, 3.63) is 0 Å². The molecule has 0 saturated carbocycles. The summed E-state index contributed by atoms with van der Waals surface area (Å²) in [5.41, 5.74) is 0. The molecule has 0 aliphatic carbocycles. The lowest BCUT2D eigenvalue weighted by molar-refractivity contribution is -0.150. The number of esters is 2. The molecule has 0 bridgehead atoms. The average molecular weight is 724 g/mol. The van der Waals surface area contributed by atoms with Crippen molar-refractivity contribution in [1.29, 1.82) is 0 Å². The van der Waals surface area contributed by atoms with Crippen LogP contribution >= 0.6 is 0 Å². The van der Waals surface area contributed by atoms with Gasteiger partial charge in [0.15, 0.2) is 0 Å². The molecular weight excluding hydrogens is 634 g/mol. The van der Waals surface area contributed by atoms with Crippen LogP contribution < -0.4 is 0 Å². The lowest BCUT2D eigenvalue weighted by Gasteiger charge is -2.22. The zero-order valence-corrected chi connectivity index (χ0v) is 34.8. The fourth-order valence-electron chi connectivity index (χ4n) is 7.18. The van der Waals surface area contributed by atoms with Crippen molar-refractivity contribution < 1.29 is 24.2 Å². The number of hydrogen-bond acceptors (Lipinski definition) is 6. The molecule has 1 N–H and O–H groups in total. The first-order valence-electron chi connectivity index (χ1n) is 22.7. The van der Waals surface area contributed by atoms with Gasteiger partial charge in [0.1, 0.15) is 0 Å². The molecule has 0 radical (unpaired) electrons. The molecule has 2 atom stereocenters. The van der Waals surface area contributed by atoms with Gasteiger partial charge in [-0.2, -0.15) is 0 Å². The van der Waals surface area contributed by atoms with E-state index in [0.717, 1.165) is 116 Å². The average Bonchev–Trinajstić information content (AvgIpc) is 3.13. The smallest absolute Gasteiger partial charge is 0.308 e. The number of unbranched alkanes of at least 4 members (excludes halogenated alkanes) is 20. The molecule has 0 fully saturated rings. The van der Waals surface area contributed by atoms with E-state index in [4.69, 9.17) is 9.47 Å². The Kier molecular flexibility index (Phi) is 39.2. The van der Waals surface area contributed by atoms with Gasteiger partial charge in [0.25, 0.3) is 0 Å². The summed E-state index contributed by atoms with van der Waals surface area (Å²) in [7, 11) is 0. The number of hydrogen-bond donors (Lipinski definition) is 1. The molecular formula is C45H89NO5. The Balaban J connectivity index is 4.38. The van der Waals surface area contributed by atoms with E-state index in [0.29, 0.717) is 13.2 Å². The highest BCUT2D eigenvalue weighted by Gasteiger charge is 2.20. The van der Waals surface area contributed by atoms with E-state index in [1.165, 1.54) is 103 Å². The molecule has 0 aliphatic rings. The van der Waals surface area contributed by atoms with Crippen LogP contribution in [0.4, 0.5) is 0 Å². The number of nitrogens with zero attached hydrogens (tertiary/aromatic N) is 1. The topological polar surface area (TPSA) is 76.1 Å². The lowest BCUT2D eigenvalue weighted by Crippen LogP contribution is -2.28. The van der Waals surface area contributed by atoms with Crippen LogP contribution in [-0.4, -0.2) is 61.4 Å². The van der Waals surface area contributed by atoms with Crippen LogP contribution in [0.25, 0.3) is 0 Å². The second-order valence-electron chi connectivity index (χ2n) is 15.6. The van der Waals surface area contributed by atoms with E-state index in [1.807, 2.05) is 0 Å².